The number of hydrogen-bond donors (Lipinski definition) is 0. The van der Waals surface area contributed by atoms with Crippen molar-refractivity contribution in [2.45, 2.75) is 6.92 Å². The largest absolute Gasteiger partial charge is 0.481 e. The molecule has 0 N–H and O–H groups in total. The molecule has 0 aromatic heterocycles. The third-order valence-corrected chi connectivity index (χ3v) is 4.85. The number of nitrogens with zero attached hydrogens (tertiary/aromatic N) is 2. The molecule has 2 aromatic carbocycles. The fraction of sp³-hybridized carbons (Fsp3) is 0.316. The number of anilines is 1. The van der Waals surface area contributed by atoms with Crippen LogP contribution in [0.25, 0.3) is 0 Å². The molecule has 0 saturated carbocycles. The van der Waals surface area contributed by atoms with Gasteiger partial charge in [-0.05, 0) is 36.8 Å². The van der Waals surface area contributed by atoms with E-state index >= 15 is 0 Å². The molecule has 2 aromatic rings. The average molecular weight is 379 g/mol. The predicted molar refractivity (Wildman–Crippen MR) is 102 cm³/mol. The third kappa shape index (κ3) is 4.39. The van der Waals surface area contributed by atoms with Crippen LogP contribution in [-0.2, 0) is 4.79 Å². The van der Waals surface area contributed by atoms with Crippen LogP contribution in [0.15, 0.2) is 42.5 Å². The minimum atomic E-state index is -0.0616. The van der Waals surface area contributed by atoms with Gasteiger partial charge in [0.25, 0.3) is 5.91 Å². The molecule has 1 saturated heterocycles. The van der Waals surface area contributed by atoms with Crippen molar-refractivity contribution in [2.24, 2.45) is 0 Å². The molecule has 0 bridgehead atoms. The zero-order valence-electron chi connectivity index (χ0n) is 14.0. The zero-order chi connectivity index (χ0) is 17.8. The molecule has 6 heteroatoms. The highest BCUT2D eigenvalue weighted by Crippen LogP contribution is 2.32. The average Bonchev–Trinajstić information content (AvgIpc) is 2.61. The van der Waals surface area contributed by atoms with Gasteiger partial charge < -0.3 is 14.5 Å². The lowest BCUT2D eigenvalue weighted by Gasteiger charge is -2.36. The fourth-order valence-corrected chi connectivity index (χ4v) is 3.39. The number of hydrogen-bond acceptors (Lipinski definition) is 3. The minimum absolute atomic E-state index is 0.0557. The number of carbonyl (C=O) groups excluding carboxylic acids is 1. The first-order valence-electron chi connectivity index (χ1n) is 8.21. The molecule has 0 aliphatic carbocycles. The smallest absolute Gasteiger partial charge is 0.260 e. The molecule has 0 spiro atoms. The van der Waals surface area contributed by atoms with Gasteiger partial charge in [-0.3, -0.25) is 4.79 Å². The Balaban J connectivity index is 1.53. The molecular formula is C19H20Cl2N2O2. The van der Waals surface area contributed by atoms with E-state index in [4.69, 9.17) is 27.9 Å². The maximum absolute atomic E-state index is 12.4. The number of halogens is 2. The summed E-state index contributed by atoms with van der Waals surface area (Å²) < 4.78 is 5.54. The van der Waals surface area contributed by atoms with Gasteiger partial charge in [0.15, 0.2) is 12.4 Å². The molecule has 0 atom stereocenters. The third-order valence-electron chi connectivity index (χ3n) is 4.26. The van der Waals surface area contributed by atoms with Crippen molar-refractivity contribution in [3.05, 3.63) is 58.1 Å². The molecule has 4 nitrogen and oxygen atoms in total. The Bertz CT molecular complexity index is 739. The molecule has 1 amide bonds. The van der Waals surface area contributed by atoms with E-state index in [1.807, 2.05) is 4.90 Å². The predicted octanol–water partition coefficient (Wildman–Crippen LogP) is 4.03. The maximum atomic E-state index is 12.4. The Morgan fingerprint density at radius 3 is 2.32 bits per heavy atom. The standard InChI is InChI=1S/C19H20Cl2N2O2/c1-14-4-2-5-15(12-14)22-8-10-23(11-9-22)18(24)13-25-19-16(20)6-3-7-17(19)21/h2-7,12H,8-11,13H2,1H3. The molecule has 3 rings (SSSR count). The number of aryl methyl sites for hydroxylation is 1. The summed E-state index contributed by atoms with van der Waals surface area (Å²) in [7, 11) is 0. The highest BCUT2D eigenvalue weighted by Gasteiger charge is 2.22. The lowest BCUT2D eigenvalue weighted by atomic mass is 10.2. The summed E-state index contributed by atoms with van der Waals surface area (Å²) in [6.45, 7) is 4.98. The normalized spacial score (nSPS) is 14.5. The second-order valence-electron chi connectivity index (χ2n) is 6.05. The maximum Gasteiger partial charge on any atom is 0.260 e. The van der Waals surface area contributed by atoms with Crippen molar-refractivity contribution in [2.75, 3.05) is 37.7 Å². The Labute approximate surface area is 157 Å². The van der Waals surface area contributed by atoms with Crippen molar-refractivity contribution < 1.29 is 9.53 Å². The van der Waals surface area contributed by atoms with E-state index in [1.165, 1.54) is 11.3 Å². The summed E-state index contributed by atoms with van der Waals surface area (Å²) in [4.78, 5) is 16.5. The molecule has 1 heterocycles. The SMILES string of the molecule is Cc1cccc(N2CCN(C(=O)COc3c(Cl)cccc3Cl)CC2)c1. The van der Waals surface area contributed by atoms with Crippen LogP contribution in [0.3, 0.4) is 0 Å². The summed E-state index contributed by atoms with van der Waals surface area (Å²) >= 11 is 12.1. The van der Waals surface area contributed by atoms with Crippen LogP contribution >= 0.6 is 23.2 Å². The van der Waals surface area contributed by atoms with Gasteiger partial charge in [-0.25, -0.2) is 0 Å². The van der Waals surface area contributed by atoms with Crippen molar-refractivity contribution in [1.82, 2.24) is 4.90 Å². The first-order chi connectivity index (χ1) is 12.0. The molecule has 1 aliphatic heterocycles. The van der Waals surface area contributed by atoms with Gasteiger partial charge in [0.05, 0.1) is 10.0 Å². The number of ether oxygens (including phenoxy) is 1. The fourth-order valence-electron chi connectivity index (χ4n) is 2.88. The molecular weight excluding hydrogens is 359 g/mol. The van der Waals surface area contributed by atoms with E-state index in [0.717, 1.165) is 13.1 Å². The minimum Gasteiger partial charge on any atom is -0.481 e. The Hall–Kier alpha value is -1.91. The first-order valence-corrected chi connectivity index (χ1v) is 8.96. The second kappa shape index (κ2) is 7.98. The van der Waals surface area contributed by atoms with Gasteiger partial charge >= 0.3 is 0 Å². The zero-order valence-corrected chi connectivity index (χ0v) is 15.6. The van der Waals surface area contributed by atoms with Crippen LogP contribution < -0.4 is 9.64 Å². The number of carbonyl (C=O) groups is 1. The molecule has 0 radical (unpaired) electrons. The van der Waals surface area contributed by atoms with Gasteiger partial charge in [0, 0.05) is 31.9 Å². The molecule has 1 aliphatic rings. The molecule has 25 heavy (non-hydrogen) atoms. The first kappa shape index (κ1) is 17.9. The van der Waals surface area contributed by atoms with Crippen molar-refractivity contribution in [1.29, 1.82) is 0 Å². The van der Waals surface area contributed by atoms with Crippen LogP contribution in [0, 0.1) is 6.92 Å². The van der Waals surface area contributed by atoms with Crippen LogP contribution in [-0.4, -0.2) is 43.6 Å². The van der Waals surface area contributed by atoms with Gasteiger partial charge in [-0.1, -0.05) is 41.4 Å². The van der Waals surface area contributed by atoms with E-state index in [1.54, 1.807) is 18.2 Å². The Morgan fingerprint density at radius 1 is 1.04 bits per heavy atom. The lowest BCUT2D eigenvalue weighted by molar-refractivity contribution is -0.133. The van der Waals surface area contributed by atoms with Gasteiger partial charge in [-0.15, -0.1) is 0 Å². The number of piperazine rings is 1. The van der Waals surface area contributed by atoms with E-state index in [2.05, 4.69) is 36.1 Å². The van der Waals surface area contributed by atoms with Crippen molar-refractivity contribution in [3.63, 3.8) is 0 Å². The Kier molecular flexibility index (Phi) is 5.71. The van der Waals surface area contributed by atoms with Crippen LogP contribution in [0.2, 0.25) is 10.0 Å². The van der Waals surface area contributed by atoms with Crippen LogP contribution in [0.1, 0.15) is 5.56 Å². The van der Waals surface area contributed by atoms with E-state index in [0.29, 0.717) is 28.9 Å². The molecule has 0 unspecified atom stereocenters. The number of amides is 1. The van der Waals surface area contributed by atoms with E-state index < -0.39 is 0 Å². The highest BCUT2D eigenvalue weighted by atomic mass is 35.5. The summed E-state index contributed by atoms with van der Waals surface area (Å²) in [5, 5.41) is 0.814. The van der Waals surface area contributed by atoms with Crippen LogP contribution in [0.4, 0.5) is 5.69 Å². The monoisotopic (exact) mass is 378 g/mol. The summed E-state index contributed by atoms with van der Waals surface area (Å²) in [5.41, 5.74) is 2.44. The quantitative estimate of drug-likeness (QED) is 0.804. The van der Waals surface area contributed by atoms with Crippen LogP contribution in [0.5, 0.6) is 5.75 Å². The second-order valence-corrected chi connectivity index (χ2v) is 6.86. The summed E-state index contributed by atoms with van der Waals surface area (Å²) in [6.07, 6.45) is 0. The summed E-state index contributed by atoms with van der Waals surface area (Å²) in [6, 6.07) is 13.5. The van der Waals surface area contributed by atoms with Gasteiger partial charge in [-0.2, -0.15) is 0 Å². The summed E-state index contributed by atoms with van der Waals surface area (Å²) in [5.74, 6) is 0.303. The topological polar surface area (TPSA) is 32.8 Å². The van der Waals surface area contributed by atoms with E-state index in [9.17, 15) is 4.79 Å². The van der Waals surface area contributed by atoms with Gasteiger partial charge in [0.2, 0.25) is 0 Å². The number of rotatable bonds is 4. The highest BCUT2D eigenvalue weighted by molar-refractivity contribution is 6.37. The van der Waals surface area contributed by atoms with Gasteiger partial charge in [0.1, 0.15) is 0 Å². The van der Waals surface area contributed by atoms with Crippen molar-refractivity contribution in [3.8, 4) is 5.75 Å². The molecule has 1 fully saturated rings. The number of para-hydroxylation sites is 1. The number of benzene rings is 2. The lowest BCUT2D eigenvalue weighted by Crippen LogP contribution is -2.50. The van der Waals surface area contributed by atoms with Crippen molar-refractivity contribution >= 4 is 34.8 Å². The Morgan fingerprint density at radius 2 is 1.68 bits per heavy atom. The van der Waals surface area contributed by atoms with E-state index in [-0.39, 0.29) is 12.5 Å². The molecule has 132 valence electrons.